The largest absolute Gasteiger partial charge is 0.342 e. The predicted octanol–water partition coefficient (Wildman–Crippen LogP) is 3.46. The first-order chi connectivity index (χ1) is 14.6. The van der Waals surface area contributed by atoms with E-state index in [9.17, 15) is 14.4 Å². The average molecular weight is 412 g/mol. The normalized spacial score (nSPS) is 21.5. The van der Waals surface area contributed by atoms with Crippen LogP contribution in [0.4, 0.5) is 5.69 Å². The molecule has 3 aliphatic heterocycles. The molecule has 0 unspecified atom stereocenters. The van der Waals surface area contributed by atoms with Crippen LogP contribution in [0.15, 0.2) is 24.3 Å². The average Bonchev–Trinajstić information content (AvgIpc) is 3.08. The number of rotatable bonds is 3. The van der Waals surface area contributed by atoms with Crippen LogP contribution in [0.25, 0.3) is 0 Å². The Kier molecular flexibility index (Phi) is 6.70. The fourth-order valence-corrected chi connectivity index (χ4v) is 4.92. The number of amides is 3. The predicted molar refractivity (Wildman–Crippen MR) is 116 cm³/mol. The summed E-state index contributed by atoms with van der Waals surface area (Å²) in [6.07, 6.45) is 8.77. The van der Waals surface area contributed by atoms with Gasteiger partial charge in [-0.25, -0.2) is 0 Å². The molecule has 0 aromatic heterocycles. The minimum absolute atomic E-state index is 0.0205. The number of carbonyl (C=O) groups excluding carboxylic acids is 3. The van der Waals surface area contributed by atoms with E-state index in [1.54, 1.807) is 0 Å². The summed E-state index contributed by atoms with van der Waals surface area (Å²) >= 11 is 0. The van der Waals surface area contributed by atoms with Crippen molar-refractivity contribution < 1.29 is 14.4 Å². The van der Waals surface area contributed by atoms with Crippen LogP contribution in [0.1, 0.15) is 68.1 Å². The van der Waals surface area contributed by atoms with E-state index >= 15 is 0 Å². The zero-order valence-electron chi connectivity index (χ0n) is 17.9. The van der Waals surface area contributed by atoms with Crippen LogP contribution in [-0.4, -0.2) is 60.2 Å². The smallest absolute Gasteiger partial charge is 0.253 e. The van der Waals surface area contributed by atoms with Gasteiger partial charge < -0.3 is 14.7 Å². The van der Waals surface area contributed by atoms with Crippen molar-refractivity contribution in [3.8, 4) is 0 Å². The van der Waals surface area contributed by atoms with Crippen LogP contribution in [0, 0.1) is 5.92 Å². The van der Waals surface area contributed by atoms with Gasteiger partial charge in [0.2, 0.25) is 11.8 Å². The molecule has 0 aliphatic carbocycles. The first-order valence-electron chi connectivity index (χ1n) is 11.6. The third-order valence-corrected chi connectivity index (χ3v) is 6.80. The SMILES string of the molecule is O=C(c1ccc(N2CCCCC2=O)cc1)N1CCC(C(=O)N2CCCCCC2)CC1. The fraction of sp³-hybridized carbons (Fsp3) is 0.625. The van der Waals surface area contributed by atoms with Gasteiger partial charge in [-0.05, 0) is 62.8 Å². The van der Waals surface area contributed by atoms with Crippen molar-refractivity contribution >= 4 is 23.4 Å². The molecule has 3 saturated heterocycles. The van der Waals surface area contributed by atoms with Gasteiger partial charge in [-0.1, -0.05) is 12.8 Å². The van der Waals surface area contributed by atoms with Crippen molar-refractivity contribution in [2.75, 3.05) is 37.6 Å². The molecule has 6 nitrogen and oxygen atoms in total. The van der Waals surface area contributed by atoms with E-state index in [0.717, 1.165) is 63.8 Å². The number of benzene rings is 1. The third-order valence-electron chi connectivity index (χ3n) is 6.80. The van der Waals surface area contributed by atoms with E-state index in [1.807, 2.05) is 34.1 Å². The van der Waals surface area contributed by atoms with Gasteiger partial charge in [0.05, 0.1) is 0 Å². The molecule has 3 heterocycles. The number of hydrogen-bond acceptors (Lipinski definition) is 3. The summed E-state index contributed by atoms with van der Waals surface area (Å²) in [5.74, 6) is 0.530. The number of anilines is 1. The van der Waals surface area contributed by atoms with Crippen molar-refractivity contribution in [2.45, 2.75) is 57.8 Å². The number of likely N-dealkylation sites (tertiary alicyclic amines) is 2. The molecule has 4 rings (SSSR count). The lowest BCUT2D eigenvalue weighted by Gasteiger charge is -2.34. The fourth-order valence-electron chi connectivity index (χ4n) is 4.92. The lowest BCUT2D eigenvalue weighted by Crippen LogP contribution is -2.44. The van der Waals surface area contributed by atoms with E-state index in [-0.39, 0.29) is 17.7 Å². The van der Waals surface area contributed by atoms with Crippen LogP contribution >= 0.6 is 0 Å². The molecule has 0 saturated carbocycles. The molecule has 3 amide bonds. The van der Waals surface area contributed by atoms with Crippen LogP contribution in [0.5, 0.6) is 0 Å². The zero-order chi connectivity index (χ0) is 20.9. The van der Waals surface area contributed by atoms with Gasteiger partial charge in [0.15, 0.2) is 0 Å². The van der Waals surface area contributed by atoms with Crippen molar-refractivity contribution in [3.05, 3.63) is 29.8 Å². The van der Waals surface area contributed by atoms with Gasteiger partial charge in [0.1, 0.15) is 0 Å². The second kappa shape index (κ2) is 9.63. The Bertz CT molecular complexity index is 760. The highest BCUT2D eigenvalue weighted by atomic mass is 16.2. The topological polar surface area (TPSA) is 60.9 Å². The van der Waals surface area contributed by atoms with Crippen molar-refractivity contribution in [1.82, 2.24) is 9.80 Å². The number of nitrogens with zero attached hydrogens (tertiary/aromatic N) is 3. The maximum Gasteiger partial charge on any atom is 0.253 e. The van der Waals surface area contributed by atoms with E-state index in [4.69, 9.17) is 0 Å². The first kappa shape index (κ1) is 20.9. The summed E-state index contributed by atoms with van der Waals surface area (Å²) in [6.45, 7) is 3.81. The molecule has 0 N–H and O–H groups in total. The number of hydrogen-bond donors (Lipinski definition) is 0. The second-order valence-electron chi connectivity index (χ2n) is 8.86. The lowest BCUT2D eigenvalue weighted by atomic mass is 9.94. The lowest BCUT2D eigenvalue weighted by molar-refractivity contribution is -0.136. The highest BCUT2D eigenvalue weighted by molar-refractivity contribution is 5.97. The first-order valence-corrected chi connectivity index (χ1v) is 11.6. The van der Waals surface area contributed by atoms with Gasteiger partial charge in [-0.3, -0.25) is 14.4 Å². The molecule has 3 fully saturated rings. The quantitative estimate of drug-likeness (QED) is 0.765. The molecule has 1 aromatic rings. The monoisotopic (exact) mass is 411 g/mol. The Morgan fingerprint density at radius 1 is 0.733 bits per heavy atom. The zero-order valence-corrected chi connectivity index (χ0v) is 17.9. The maximum absolute atomic E-state index is 12.9. The summed E-state index contributed by atoms with van der Waals surface area (Å²) in [6, 6.07) is 7.42. The minimum atomic E-state index is 0.0205. The molecule has 0 spiro atoms. The number of piperidine rings is 2. The maximum atomic E-state index is 12.9. The Hall–Kier alpha value is -2.37. The highest BCUT2D eigenvalue weighted by Crippen LogP contribution is 2.25. The van der Waals surface area contributed by atoms with E-state index in [0.29, 0.717) is 31.0 Å². The Morgan fingerprint density at radius 2 is 1.37 bits per heavy atom. The molecule has 0 bridgehead atoms. The molecule has 0 atom stereocenters. The van der Waals surface area contributed by atoms with Crippen LogP contribution < -0.4 is 4.90 Å². The summed E-state index contributed by atoms with van der Waals surface area (Å²) in [5.41, 5.74) is 1.53. The Balaban J connectivity index is 1.31. The molecule has 0 radical (unpaired) electrons. The van der Waals surface area contributed by atoms with Crippen LogP contribution in [0.3, 0.4) is 0 Å². The molecular weight excluding hydrogens is 378 g/mol. The minimum Gasteiger partial charge on any atom is -0.342 e. The van der Waals surface area contributed by atoms with Gasteiger partial charge in [-0.2, -0.15) is 0 Å². The van der Waals surface area contributed by atoms with Crippen LogP contribution in [0.2, 0.25) is 0 Å². The van der Waals surface area contributed by atoms with Gasteiger partial charge in [0.25, 0.3) is 5.91 Å². The molecule has 30 heavy (non-hydrogen) atoms. The van der Waals surface area contributed by atoms with Crippen LogP contribution in [-0.2, 0) is 9.59 Å². The van der Waals surface area contributed by atoms with E-state index in [2.05, 4.69) is 4.90 Å². The summed E-state index contributed by atoms with van der Waals surface area (Å²) in [4.78, 5) is 43.6. The molecular formula is C24H33N3O3. The standard InChI is InChI=1S/C24H33N3O3/c28-22-7-3-6-16-27(22)21-10-8-19(9-11-21)23(29)26-17-12-20(13-18-26)24(30)25-14-4-1-2-5-15-25/h8-11,20H,1-7,12-18H2. The van der Waals surface area contributed by atoms with Gasteiger partial charge in [-0.15, -0.1) is 0 Å². The molecule has 162 valence electrons. The van der Waals surface area contributed by atoms with E-state index in [1.165, 1.54) is 12.8 Å². The van der Waals surface area contributed by atoms with E-state index < -0.39 is 0 Å². The number of carbonyl (C=O) groups is 3. The summed E-state index contributed by atoms with van der Waals surface area (Å²) in [5, 5.41) is 0. The van der Waals surface area contributed by atoms with Crippen molar-refractivity contribution in [2.24, 2.45) is 5.92 Å². The second-order valence-corrected chi connectivity index (χ2v) is 8.86. The summed E-state index contributed by atoms with van der Waals surface area (Å²) in [7, 11) is 0. The summed E-state index contributed by atoms with van der Waals surface area (Å²) < 4.78 is 0. The van der Waals surface area contributed by atoms with Gasteiger partial charge in [0, 0.05) is 56.3 Å². The molecule has 3 aliphatic rings. The van der Waals surface area contributed by atoms with Crippen molar-refractivity contribution in [3.63, 3.8) is 0 Å². The highest BCUT2D eigenvalue weighted by Gasteiger charge is 2.31. The van der Waals surface area contributed by atoms with Gasteiger partial charge >= 0.3 is 0 Å². The van der Waals surface area contributed by atoms with Crippen molar-refractivity contribution in [1.29, 1.82) is 0 Å². The Morgan fingerprint density at radius 3 is 2.00 bits per heavy atom. The third kappa shape index (κ3) is 4.68. The Labute approximate surface area is 179 Å². The molecule has 6 heteroatoms. The molecule has 1 aromatic carbocycles.